The van der Waals surface area contributed by atoms with Crippen molar-refractivity contribution in [3.05, 3.63) is 94.3 Å². The molecule has 6 nitrogen and oxygen atoms in total. The van der Waals surface area contributed by atoms with Gasteiger partial charge in [-0.3, -0.25) is 14.2 Å². The van der Waals surface area contributed by atoms with Gasteiger partial charge >= 0.3 is 6.18 Å². The second-order valence-electron chi connectivity index (χ2n) is 7.94. The number of fused-ring (bicyclic) bond motifs is 3. The van der Waals surface area contributed by atoms with Crippen molar-refractivity contribution in [2.45, 2.75) is 11.3 Å². The number of H-pyrrole nitrogens is 1. The zero-order valence-electron chi connectivity index (χ0n) is 18.6. The highest BCUT2D eigenvalue weighted by Crippen LogP contribution is 2.32. The molecule has 0 radical (unpaired) electrons. The fraction of sp³-hybridized carbons (Fsp3) is 0.0800. The molecular formula is C25H15F5N4O2S. The number of para-hydroxylation sites is 1. The number of carbonyl (C=O) groups is 1. The minimum absolute atomic E-state index is 0.0451. The van der Waals surface area contributed by atoms with E-state index in [1.54, 1.807) is 24.3 Å². The molecule has 0 bridgehead atoms. The van der Waals surface area contributed by atoms with Crippen LogP contribution in [0, 0.1) is 11.6 Å². The molecule has 2 aromatic heterocycles. The van der Waals surface area contributed by atoms with Crippen molar-refractivity contribution in [1.29, 1.82) is 0 Å². The van der Waals surface area contributed by atoms with Crippen LogP contribution in [0.3, 0.4) is 0 Å². The van der Waals surface area contributed by atoms with Crippen LogP contribution in [-0.2, 0) is 11.0 Å². The fourth-order valence-electron chi connectivity index (χ4n) is 3.80. The SMILES string of the molecule is O=C(CSc1nc2c([nH]c3ccccc32)c(=O)n1-c1cccc(C(F)(F)F)c1)Nc1ccc(F)cc1F. The number of anilines is 1. The molecule has 0 saturated carbocycles. The van der Waals surface area contributed by atoms with Gasteiger partial charge in [-0.15, -0.1) is 0 Å². The van der Waals surface area contributed by atoms with E-state index < -0.39 is 34.8 Å². The molecule has 188 valence electrons. The van der Waals surface area contributed by atoms with Crippen LogP contribution in [0.15, 0.2) is 76.7 Å². The van der Waals surface area contributed by atoms with Gasteiger partial charge in [0, 0.05) is 17.0 Å². The average Bonchev–Trinajstić information content (AvgIpc) is 3.23. The summed E-state index contributed by atoms with van der Waals surface area (Å²) in [6.07, 6.45) is -4.65. The van der Waals surface area contributed by atoms with Gasteiger partial charge in [0.05, 0.1) is 22.7 Å². The number of carbonyl (C=O) groups excluding carboxylic acids is 1. The summed E-state index contributed by atoms with van der Waals surface area (Å²) in [6.45, 7) is 0. The molecule has 2 heterocycles. The number of benzene rings is 3. The number of hydrogen-bond donors (Lipinski definition) is 2. The van der Waals surface area contributed by atoms with E-state index in [4.69, 9.17) is 0 Å². The predicted octanol–water partition coefficient (Wildman–Crippen LogP) is 5.89. The number of amides is 1. The van der Waals surface area contributed by atoms with Crippen molar-refractivity contribution in [1.82, 2.24) is 14.5 Å². The second kappa shape index (κ2) is 9.36. The minimum atomic E-state index is -4.65. The third kappa shape index (κ3) is 4.79. The highest BCUT2D eigenvalue weighted by atomic mass is 32.2. The first-order valence-corrected chi connectivity index (χ1v) is 11.7. The molecular weight excluding hydrogens is 515 g/mol. The first-order chi connectivity index (χ1) is 17.6. The van der Waals surface area contributed by atoms with Gasteiger partial charge in [0.15, 0.2) is 5.16 Å². The number of aromatic nitrogens is 3. The molecule has 0 spiro atoms. The Balaban J connectivity index is 1.58. The summed E-state index contributed by atoms with van der Waals surface area (Å²) in [6, 6.07) is 13.8. The van der Waals surface area contributed by atoms with Crippen molar-refractivity contribution in [2.24, 2.45) is 0 Å². The standard InChI is InChI=1S/C25H15F5N4O2S/c26-14-8-9-19(17(27)11-14)31-20(35)12-37-24-33-21-16-6-1-2-7-18(16)32-22(21)23(36)34(24)15-5-3-4-13(10-15)25(28,29)30/h1-11,32H,12H2,(H,31,35). The molecule has 5 rings (SSSR count). The number of halogens is 5. The first kappa shape index (κ1) is 24.5. The maximum Gasteiger partial charge on any atom is 0.416 e. The van der Waals surface area contributed by atoms with Crippen molar-refractivity contribution < 1.29 is 26.7 Å². The number of nitrogens with zero attached hydrogens (tertiary/aromatic N) is 2. The zero-order valence-corrected chi connectivity index (χ0v) is 19.4. The fourth-order valence-corrected chi connectivity index (χ4v) is 4.60. The minimum Gasteiger partial charge on any atom is -0.349 e. The van der Waals surface area contributed by atoms with Gasteiger partial charge < -0.3 is 10.3 Å². The van der Waals surface area contributed by atoms with Gasteiger partial charge in [-0.25, -0.2) is 13.8 Å². The van der Waals surface area contributed by atoms with Crippen molar-refractivity contribution in [2.75, 3.05) is 11.1 Å². The maximum absolute atomic E-state index is 13.9. The number of nitrogens with one attached hydrogen (secondary N) is 2. The lowest BCUT2D eigenvalue weighted by molar-refractivity contribution is -0.137. The Labute approximate surface area is 209 Å². The highest BCUT2D eigenvalue weighted by Gasteiger charge is 2.31. The molecule has 0 aliphatic rings. The van der Waals surface area contributed by atoms with Crippen LogP contribution in [-0.4, -0.2) is 26.2 Å². The summed E-state index contributed by atoms with van der Waals surface area (Å²) < 4.78 is 68.2. The molecule has 3 aromatic carbocycles. The van der Waals surface area contributed by atoms with Crippen LogP contribution in [0.1, 0.15) is 5.56 Å². The van der Waals surface area contributed by atoms with Gasteiger partial charge in [-0.1, -0.05) is 36.0 Å². The molecule has 0 saturated heterocycles. The summed E-state index contributed by atoms with van der Waals surface area (Å²) in [4.78, 5) is 33.5. The lowest BCUT2D eigenvalue weighted by Crippen LogP contribution is -2.23. The Morgan fingerprint density at radius 2 is 1.81 bits per heavy atom. The second-order valence-corrected chi connectivity index (χ2v) is 8.88. The summed E-state index contributed by atoms with van der Waals surface area (Å²) in [5.41, 5.74) is -0.994. The monoisotopic (exact) mass is 530 g/mol. The van der Waals surface area contributed by atoms with E-state index in [1.165, 1.54) is 12.1 Å². The van der Waals surface area contributed by atoms with E-state index in [-0.39, 0.29) is 33.3 Å². The number of hydrogen-bond acceptors (Lipinski definition) is 4. The molecule has 1 amide bonds. The molecule has 12 heteroatoms. The van der Waals surface area contributed by atoms with Crippen LogP contribution < -0.4 is 10.9 Å². The van der Waals surface area contributed by atoms with Crippen molar-refractivity contribution >= 4 is 45.3 Å². The Morgan fingerprint density at radius 3 is 2.57 bits per heavy atom. The predicted molar refractivity (Wildman–Crippen MR) is 130 cm³/mol. The van der Waals surface area contributed by atoms with E-state index in [1.807, 2.05) is 0 Å². The van der Waals surface area contributed by atoms with Crippen LogP contribution in [0.2, 0.25) is 0 Å². The van der Waals surface area contributed by atoms with Gasteiger partial charge in [0.25, 0.3) is 5.56 Å². The molecule has 5 aromatic rings. The Bertz CT molecular complexity index is 1730. The summed E-state index contributed by atoms with van der Waals surface area (Å²) in [7, 11) is 0. The summed E-state index contributed by atoms with van der Waals surface area (Å²) in [5, 5.41) is 2.87. The van der Waals surface area contributed by atoms with Crippen LogP contribution >= 0.6 is 11.8 Å². The van der Waals surface area contributed by atoms with E-state index in [9.17, 15) is 31.5 Å². The van der Waals surface area contributed by atoms with Crippen molar-refractivity contribution in [3.8, 4) is 5.69 Å². The van der Waals surface area contributed by atoms with E-state index >= 15 is 0 Å². The number of rotatable bonds is 5. The molecule has 0 aliphatic heterocycles. The zero-order chi connectivity index (χ0) is 26.3. The summed E-state index contributed by atoms with van der Waals surface area (Å²) >= 11 is 0.781. The molecule has 0 unspecified atom stereocenters. The van der Waals surface area contributed by atoms with Gasteiger partial charge in [0.1, 0.15) is 22.7 Å². The normalized spacial score (nSPS) is 11.8. The number of thioether (sulfide) groups is 1. The van der Waals surface area contributed by atoms with Gasteiger partial charge in [-0.05, 0) is 36.4 Å². The third-order valence-corrected chi connectivity index (χ3v) is 6.40. The molecule has 0 atom stereocenters. The quantitative estimate of drug-likeness (QED) is 0.169. The number of alkyl halides is 3. The number of aromatic amines is 1. The Hall–Kier alpha value is -4.19. The molecule has 0 fully saturated rings. The molecule has 2 N–H and O–H groups in total. The third-order valence-electron chi connectivity index (χ3n) is 5.46. The molecule has 37 heavy (non-hydrogen) atoms. The van der Waals surface area contributed by atoms with Crippen LogP contribution in [0.25, 0.3) is 27.6 Å². The molecule has 0 aliphatic carbocycles. The maximum atomic E-state index is 13.9. The lowest BCUT2D eigenvalue weighted by Gasteiger charge is -2.14. The van der Waals surface area contributed by atoms with E-state index in [0.717, 1.165) is 40.6 Å². The van der Waals surface area contributed by atoms with Crippen molar-refractivity contribution in [3.63, 3.8) is 0 Å². The van der Waals surface area contributed by atoms with Crippen LogP contribution in [0.4, 0.5) is 27.6 Å². The largest absolute Gasteiger partial charge is 0.416 e. The summed E-state index contributed by atoms with van der Waals surface area (Å²) in [5.74, 6) is -2.85. The first-order valence-electron chi connectivity index (χ1n) is 10.7. The average molecular weight is 530 g/mol. The van der Waals surface area contributed by atoms with Crippen LogP contribution in [0.5, 0.6) is 0 Å². The Kier molecular flexibility index (Phi) is 6.20. The smallest absolute Gasteiger partial charge is 0.349 e. The van der Waals surface area contributed by atoms with Gasteiger partial charge in [-0.2, -0.15) is 13.2 Å². The topological polar surface area (TPSA) is 79.8 Å². The highest BCUT2D eigenvalue weighted by molar-refractivity contribution is 7.99. The lowest BCUT2D eigenvalue weighted by atomic mass is 10.2. The van der Waals surface area contributed by atoms with E-state index in [0.29, 0.717) is 17.0 Å². The van der Waals surface area contributed by atoms with Gasteiger partial charge in [0.2, 0.25) is 5.91 Å². The Morgan fingerprint density at radius 1 is 1.03 bits per heavy atom. The van der Waals surface area contributed by atoms with E-state index in [2.05, 4.69) is 15.3 Å².